The molecular weight excluding hydrogens is 274 g/mol. The minimum Gasteiger partial charge on any atom is -0.281 e. The van der Waals surface area contributed by atoms with Gasteiger partial charge in [-0.2, -0.15) is 0 Å². The van der Waals surface area contributed by atoms with Crippen LogP contribution in [-0.4, -0.2) is 15.2 Å². The van der Waals surface area contributed by atoms with E-state index in [-0.39, 0.29) is 5.56 Å². The lowest BCUT2D eigenvalue weighted by molar-refractivity contribution is 0.712. The number of H-pyrrole nitrogens is 2. The highest BCUT2D eigenvalue weighted by Crippen LogP contribution is 2.32. The average Bonchev–Trinajstić information content (AvgIpc) is 2.74. The first-order valence-electron chi connectivity index (χ1n) is 7.93. The summed E-state index contributed by atoms with van der Waals surface area (Å²) < 4.78 is 0. The van der Waals surface area contributed by atoms with E-state index in [0.717, 1.165) is 35.9 Å². The van der Waals surface area contributed by atoms with Crippen LogP contribution in [0.4, 0.5) is 0 Å². The van der Waals surface area contributed by atoms with Gasteiger partial charge in [-0.25, -0.2) is 4.98 Å². The van der Waals surface area contributed by atoms with E-state index in [1.54, 1.807) is 0 Å². The van der Waals surface area contributed by atoms with Crippen LogP contribution in [0.3, 0.4) is 0 Å². The Labute approximate surface area is 128 Å². The fourth-order valence-corrected chi connectivity index (χ4v) is 3.46. The number of hydrogen-bond acceptors (Lipinski definition) is 2. The average molecular weight is 293 g/mol. The van der Waals surface area contributed by atoms with Gasteiger partial charge in [0.15, 0.2) is 5.65 Å². The van der Waals surface area contributed by atoms with Gasteiger partial charge in [0, 0.05) is 5.56 Å². The Bertz CT molecular complexity index is 887. The predicted molar refractivity (Wildman–Crippen MR) is 88.1 cm³/mol. The monoisotopic (exact) mass is 293 g/mol. The molecule has 1 aliphatic rings. The molecule has 0 bridgehead atoms. The van der Waals surface area contributed by atoms with Gasteiger partial charge in [0.2, 0.25) is 0 Å². The molecule has 0 radical (unpaired) electrons. The van der Waals surface area contributed by atoms with Gasteiger partial charge in [0.25, 0.3) is 5.56 Å². The number of hydrogen-bond donors (Lipinski definition) is 2. The molecule has 1 aromatic carbocycles. The molecule has 3 aromatic rings. The zero-order chi connectivity index (χ0) is 15.1. The molecule has 4 nitrogen and oxygen atoms in total. The number of aromatic nitrogens is 3. The molecule has 4 heteroatoms. The molecule has 22 heavy (non-hydrogen) atoms. The Morgan fingerprint density at radius 3 is 2.45 bits per heavy atom. The van der Waals surface area contributed by atoms with Crippen LogP contribution in [0.15, 0.2) is 29.1 Å². The Morgan fingerprint density at radius 2 is 1.68 bits per heavy atom. The minimum atomic E-state index is -0.0453. The van der Waals surface area contributed by atoms with Crippen molar-refractivity contribution < 1.29 is 0 Å². The summed E-state index contributed by atoms with van der Waals surface area (Å²) in [6.07, 6.45) is 5.50. The van der Waals surface area contributed by atoms with E-state index >= 15 is 0 Å². The van der Waals surface area contributed by atoms with Gasteiger partial charge in [0.05, 0.1) is 11.1 Å². The third-order valence-electron chi connectivity index (χ3n) is 4.61. The largest absolute Gasteiger partial charge is 0.281 e. The van der Waals surface area contributed by atoms with Crippen molar-refractivity contribution in [1.82, 2.24) is 15.2 Å². The van der Waals surface area contributed by atoms with E-state index in [2.05, 4.69) is 41.4 Å². The maximum Gasteiger partial charge on any atom is 0.273 e. The zero-order valence-electron chi connectivity index (χ0n) is 12.7. The highest BCUT2D eigenvalue weighted by atomic mass is 16.1. The molecule has 2 heterocycles. The van der Waals surface area contributed by atoms with Crippen LogP contribution in [0.1, 0.15) is 36.0 Å². The van der Waals surface area contributed by atoms with Crippen LogP contribution in [0.2, 0.25) is 0 Å². The van der Waals surface area contributed by atoms with Crippen molar-refractivity contribution in [3.63, 3.8) is 0 Å². The Balaban J connectivity index is 2.04. The van der Waals surface area contributed by atoms with Gasteiger partial charge < -0.3 is 0 Å². The zero-order valence-corrected chi connectivity index (χ0v) is 12.7. The maximum absolute atomic E-state index is 12.1. The molecule has 0 unspecified atom stereocenters. The maximum atomic E-state index is 12.1. The molecule has 4 rings (SSSR count). The van der Waals surface area contributed by atoms with Crippen molar-refractivity contribution in [1.29, 1.82) is 0 Å². The third kappa shape index (κ3) is 2.06. The molecule has 2 aromatic heterocycles. The highest BCUT2D eigenvalue weighted by Gasteiger charge is 2.20. The van der Waals surface area contributed by atoms with Crippen LogP contribution in [0.25, 0.3) is 22.3 Å². The molecule has 1 aliphatic carbocycles. The quantitative estimate of drug-likeness (QED) is 0.675. The lowest BCUT2D eigenvalue weighted by Crippen LogP contribution is -2.06. The van der Waals surface area contributed by atoms with Crippen LogP contribution in [0.5, 0.6) is 0 Å². The van der Waals surface area contributed by atoms with Gasteiger partial charge >= 0.3 is 0 Å². The number of nitrogens with zero attached hydrogens (tertiary/aromatic N) is 1. The van der Waals surface area contributed by atoms with Gasteiger partial charge in [0.1, 0.15) is 0 Å². The van der Waals surface area contributed by atoms with Crippen molar-refractivity contribution >= 4 is 11.0 Å². The molecule has 0 spiro atoms. The van der Waals surface area contributed by atoms with Gasteiger partial charge in [-0.3, -0.25) is 15.0 Å². The molecule has 0 fully saturated rings. The number of nitrogens with one attached hydrogen (secondary N) is 2. The number of fused-ring (bicyclic) bond motifs is 3. The molecule has 112 valence electrons. The number of rotatable bonds is 1. The van der Waals surface area contributed by atoms with Crippen molar-refractivity contribution in [3.8, 4) is 11.3 Å². The Morgan fingerprint density at radius 1 is 0.955 bits per heavy atom. The van der Waals surface area contributed by atoms with Crippen molar-refractivity contribution in [2.75, 3.05) is 0 Å². The second kappa shape index (κ2) is 5.13. The van der Waals surface area contributed by atoms with E-state index in [9.17, 15) is 4.79 Å². The third-order valence-corrected chi connectivity index (χ3v) is 4.61. The summed E-state index contributed by atoms with van der Waals surface area (Å²) in [7, 11) is 0. The Kier molecular flexibility index (Phi) is 3.10. The van der Waals surface area contributed by atoms with Crippen LogP contribution in [-0.2, 0) is 12.8 Å². The van der Waals surface area contributed by atoms with E-state index < -0.39 is 0 Å². The van der Waals surface area contributed by atoms with Crippen molar-refractivity contribution in [2.45, 2.75) is 39.0 Å². The first-order valence-corrected chi connectivity index (χ1v) is 7.93. The second-order valence-corrected chi connectivity index (χ2v) is 6.15. The lowest BCUT2D eigenvalue weighted by atomic mass is 9.95. The van der Waals surface area contributed by atoms with Gasteiger partial charge in [-0.05, 0) is 43.7 Å². The fourth-order valence-electron chi connectivity index (χ4n) is 3.46. The number of aryl methyl sites for hydroxylation is 2. The molecular formula is C18H19N3O. The first kappa shape index (κ1) is 13.3. The summed E-state index contributed by atoms with van der Waals surface area (Å²) in [6, 6.07) is 8.48. The number of aromatic amines is 2. The number of benzene rings is 1. The van der Waals surface area contributed by atoms with E-state index in [4.69, 9.17) is 4.98 Å². The van der Waals surface area contributed by atoms with Gasteiger partial charge in [-0.15, -0.1) is 0 Å². The standard InChI is InChI=1S/C18H19N3O/c1-11-7-9-12(10-8-11)16-14-6-4-2-3-5-13(14)15-17(19-16)20-21-18(15)22/h7-10H,2-6H2,1H3,(H2,19,20,21,22). The molecule has 0 amide bonds. The highest BCUT2D eigenvalue weighted by molar-refractivity contribution is 5.84. The minimum absolute atomic E-state index is 0.0453. The summed E-state index contributed by atoms with van der Waals surface area (Å²) in [5.74, 6) is 0. The second-order valence-electron chi connectivity index (χ2n) is 6.15. The summed E-state index contributed by atoms with van der Waals surface area (Å²) in [5.41, 5.74) is 6.50. The number of pyridine rings is 1. The normalized spacial score (nSPS) is 14.8. The van der Waals surface area contributed by atoms with E-state index in [1.807, 2.05) is 0 Å². The summed E-state index contributed by atoms with van der Waals surface area (Å²) in [4.78, 5) is 16.9. The van der Waals surface area contributed by atoms with Crippen molar-refractivity contribution in [2.24, 2.45) is 0 Å². The molecule has 0 atom stereocenters. The first-order chi connectivity index (χ1) is 10.7. The Hall–Kier alpha value is -2.36. The predicted octanol–water partition coefficient (Wildman–Crippen LogP) is 3.50. The van der Waals surface area contributed by atoms with Gasteiger partial charge in [-0.1, -0.05) is 36.2 Å². The topological polar surface area (TPSA) is 61.5 Å². The lowest BCUT2D eigenvalue weighted by Gasteiger charge is -2.13. The van der Waals surface area contributed by atoms with Crippen molar-refractivity contribution in [3.05, 3.63) is 51.3 Å². The van der Waals surface area contributed by atoms with Crippen LogP contribution in [0, 0.1) is 6.92 Å². The molecule has 0 aliphatic heterocycles. The van der Waals surface area contributed by atoms with E-state index in [0.29, 0.717) is 5.65 Å². The van der Waals surface area contributed by atoms with Crippen LogP contribution >= 0.6 is 0 Å². The summed E-state index contributed by atoms with van der Waals surface area (Å²) >= 11 is 0. The smallest absolute Gasteiger partial charge is 0.273 e. The SMILES string of the molecule is Cc1ccc(-c2nc3[nH][nH]c(=O)c3c3c2CCCCC3)cc1. The fraction of sp³-hybridized carbons (Fsp3) is 0.333. The molecule has 2 N–H and O–H groups in total. The molecule has 0 saturated heterocycles. The molecule has 0 saturated carbocycles. The van der Waals surface area contributed by atoms with Crippen LogP contribution < -0.4 is 5.56 Å². The summed E-state index contributed by atoms with van der Waals surface area (Å²) in [6.45, 7) is 2.09. The van der Waals surface area contributed by atoms with E-state index in [1.165, 1.54) is 29.5 Å². The summed E-state index contributed by atoms with van der Waals surface area (Å²) in [5, 5.41) is 6.38.